The highest BCUT2D eigenvalue weighted by Crippen LogP contribution is 2.62. The topological polar surface area (TPSA) is 37.3 Å². The van der Waals surface area contributed by atoms with E-state index in [9.17, 15) is 4.79 Å². The molecule has 0 heterocycles. The summed E-state index contributed by atoms with van der Waals surface area (Å²) in [6, 6.07) is 0. The third-order valence-corrected chi connectivity index (χ3v) is 4.58. The largest absolute Gasteiger partial charge is 0.481 e. The minimum absolute atomic E-state index is 0.348. The minimum atomic E-state index is -0.644. The van der Waals surface area contributed by atoms with Crippen molar-refractivity contribution in [2.24, 2.45) is 17.3 Å². The Kier molecular flexibility index (Phi) is 5.48. The van der Waals surface area contributed by atoms with Gasteiger partial charge in [-0.05, 0) is 30.1 Å². The maximum atomic E-state index is 10.6. The Morgan fingerprint density at radius 3 is 2.24 bits per heavy atom. The Morgan fingerprint density at radius 1 is 1.06 bits per heavy atom. The summed E-state index contributed by atoms with van der Waals surface area (Å²) in [6.07, 6.45) is 9.24. The van der Waals surface area contributed by atoms with E-state index in [1.54, 1.807) is 0 Å². The van der Waals surface area contributed by atoms with Crippen molar-refractivity contribution in [2.75, 3.05) is 0 Å². The monoisotopic (exact) mass is 240 g/mol. The highest BCUT2D eigenvalue weighted by Gasteiger charge is 2.55. The molecule has 0 saturated heterocycles. The number of hydrogen-bond donors (Lipinski definition) is 1. The molecule has 2 heteroatoms. The van der Waals surface area contributed by atoms with Gasteiger partial charge in [0.05, 0.1) is 0 Å². The maximum Gasteiger partial charge on any atom is 0.303 e. The van der Waals surface area contributed by atoms with Crippen LogP contribution in [0.2, 0.25) is 0 Å². The van der Waals surface area contributed by atoms with E-state index in [-0.39, 0.29) is 0 Å². The highest BCUT2D eigenvalue weighted by atomic mass is 16.4. The second kappa shape index (κ2) is 6.42. The SMILES string of the molecule is CCCCCCCC1C(CCC(=O)O)C1(C)C. The van der Waals surface area contributed by atoms with Gasteiger partial charge in [-0.25, -0.2) is 0 Å². The molecule has 0 bridgehead atoms. The molecular formula is C15H28O2. The lowest BCUT2D eigenvalue weighted by Crippen LogP contribution is -1.97. The number of carboxylic acid groups (broad SMARTS) is 1. The molecule has 0 radical (unpaired) electrons. The van der Waals surface area contributed by atoms with E-state index < -0.39 is 5.97 Å². The quantitative estimate of drug-likeness (QED) is 0.603. The Morgan fingerprint density at radius 2 is 1.65 bits per heavy atom. The first-order valence-electron chi connectivity index (χ1n) is 7.22. The van der Waals surface area contributed by atoms with Crippen LogP contribution in [0, 0.1) is 17.3 Å². The molecule has 1 aliphatic carbocycles. The Labute approximate surface area is 106 Å². The van der Waals surface area contributed by atoms with Crippen LogP contribution in [-0.2, 0) is 4.79 Å². The molecule has 1 aliphatic rings. The molecule has 2 atom stereocenters. The van der Waals surface area contributed by atoms with Crippen molar-refractivity contribution in [3.63, 3.8) is 0 Å². The predicted octanol–water partition coefficient (Wildman–Crippen LogP) is 4.48. The van der Waals surface area contributed by atoms with E-state index in [1.807, 2.05) is 0 Å². The molecule has 1 N–H and O–H groups in total. The molecular weight excluding hydrogens is 212 g/mol. The second-order valence-corrected chi connectivity index (χ2v) is 6.17. The maximum absolute atomic E-state index is 10.6. The first-order valence-corrected chi connectivity index (χ1v) is 7.22. The molecule has 2 unspecified atom stereocenters. The zero-order valence-electron chi connectivity index (χ0n) is 11.7. The third-order valence-electron chi connectivity index (χ3n) is 4.58. The fourth-order valence-corrected chi connectivity index (χ4v) is 3.25. The van der Waals surface area contributed by atoms with Gasteiger partial charge in [-0.1, -0.05) is 52.9 Å². The molecule has 1 saturated carbocycles. The molecule has 100 valence electrons. The summed E-state index contributed by atoms with van der Waals surface area (Å²) in [6.45, 7) is 6.85. The van der Waals surface area contributed by atoms with Gasteiger partial charge in [-0.15, -0.1) is 0 Å². The van der Waals surface area contributed by atoms with Crippen LogP contribution in [0.15, 0.2) is 0 Å². The number of carboxylic acids is 1. The van der Waals surface area contributed by atoms with Gasteiger partial charge in [0.1, 0.15) is 0 Å². The number of unbranched alkanes of at least 4 members (excludes halogenated alkanes) is 4. The lowest BCUT2D eigenvalue weighted by atomic mass is 10.0. The number of carbonyl (C=O) groups is 1. The summed E-state index contributed by atoms with van der Waals surface area (Å²) >= 11 is 0. The average Bonchev–Trinajstić information content (AvgIpc) is 2.77. The molecule has 0 aromatic carbocycles. The van der Waals surface area contributed by atoms with Crippen molar-refractivity contribution in [1.29, 1.82) is 0 Å². The molecule has 0 aromatic heterocycles. The van der Waals surface area contributed by atoms with Gasteiger partial charge >= 0.3 is 5.97 Å². The number of aliphatic carboxylic acids is 1. The van der Waals surface area contributed by atoms with Crippen LogP contribution in [0.4, 0.5) is 0 Å². The van der Waals surface area contributed by atoms with Gasteiger partial charge in [0, 0.05) is 6.42 Å². The fraction of sp³-hybridized carbons (Fsp3) is 0.933. The van der Waals surface area contributed by atoms with E-state index in [2.05, 4.69) is 20.8 Å². The van der Waals surface area contributed by atoms with Crippen molar-refractivity contribution < 1.29 is 9.90 Å². The highest BCUT2D eigenvalue weighted by molar-refractivity contribution is 5.66. The standard InChI is InChI=1S/C15H28O2/c1-4-5-6-7-8-9-12-13(15(12,2)3)10-11-14(16)17/h12-13H,4-11H2,1-3H3,(H,16,17). The molecule has 0 aliphatic heterocycles. The van der Waals surface area contributed by atoms with Crippen LogP contribution in [0.1, 0.15) is 72.1 Å². The average molecular weight is 240 g/mol. The summed E-state index contributed by atoms with van der Waals surface area (Å²) in [4.78, 5) is 10.6. The van der Waals surface area contributed by atoms with Gasteiger partial charge in [0.15, 0.2) is 0 Å². The summed E-state index contributed by atoms with van der Waals surface area (Å²) in [7, 11) is 0. The van der Waals surface area contributed by atoms with E-state index in [4.69, 9.17) is 5.11 Å². The van der Waals surface area contributed by atoms with Crippen LogP contribution in [-0.4, -0.2) is 11.1 Å². The molecule has 0 aromatic rings. The number of rotatable bonds is 9. The van der Waals surface area contributed by atoms with Crippen molar-refractivity contribution in [3.8, 4) is 0 Å². The first kappa shape index (κ1) is 14.5. The Bertz CT molecular complexity index is 245. The molecule has 2 nitrogen and oxygen atoms in total. The summed E-state index contributed by atoms with van der Waals surface area (Å²) < 4.78 is 0. The van der Waals surface area contributed by atoms with Crippen LogP contribution < -0.4 is 0 Å². The predicted molar refractivity (Wildman–Crippen MR) is 71.0 cm³/mol. The molecule has 17 heavy (non-hydrogen) atoms. The number of hydrogen-bond acceptors (Lipinski definition) is 1. The molecule has 1 fully saturated rings. The van der Waals surface area contributed by atoms with Crippen molar-refractivity contribution >= 4 is 5.97 Å². The molecule has 0 spiro atoms. The zero-order valence-corrected chi connectivity index (χ0v) is 11.7. The van der Waals surface area contributed by atoms with Gasteiger partial charge in [-0.2, -0.15) is 0 Å². The fourth-order valence-electron chi connectivity index (χ4n) is 3.25. The summed E-state index contributed by atoms with van der Waals surface area (Å²) in [5.74, 6) is 0.794. The van der Waals surface area contributed by atoms with E-state index in [1.165, 1.54) is 38.5 Å². The van der Waals surface area contributed by atoms with Gasteiger partial charge < -0.3 is 5.11 Å². The summed E-state index contributed by atoms with van der Waals surface area (Å²) in [5, 5.41) is 8.72. The lowest BCUT2D eigenvalue weighted by Gasteiger charge is -2.02. The van der Waals surface area contributed by atoms with Gasteiger partial charge in [0.25, 0.3) is 0 Å². The summed E-state index contributed by atoms with van der Waals surface area (Å²) in [5.41, 5.74) is 0.403. The van der Waals surface area contributed by atoms with Gasteiger partial charge in [-0.3, -0.25) is 4.79 Å². The minimum Gasteiger partial charge on any atom is -0.481 e. The van der Waals surface area contributed by atoms with Crippen molar-refractivity contribution in [1.82, 2.24) is 0 Å². The third kappa shape index (κ3) is 4.33. The first-order chi connectivity index (χ1) is 8.00. The lowest BCUT2D eigenvalue weighted by molar-refractivity contribution is -0.137. The van der Waals surface area contributed by atoms with Crippen LogP contribution in [0.25, 0.3) is 0 Å². The van der Waals surface area contributed by atoms with Crippen LogP contribution in [0.3, 0.4) is 0 Å². The zero-order chi connectivity index (χ0) is 12.9. The molecule has 0 amide bonds. The van der Waals surface area contributed by atoms with E-state index >= 15 is 0 Å². The Balaban J connectivity index is 2.14. The normalized spacial score (nSPS) is 25.8. The van der Waals surface area contributed by atoms with Crippen LogP contribution >= 0.6 is 0 Å². The van der Waals surface area contributed by atoms with Gasteiger partial charge in [0.2, 0.25) is 0 Å². The Hall–Kier alpha value is -0.530. The van der Waals surface area contributed by atoms with Crippen LogP contribution in [0.5, 0.6) is 0 Å². The van der Waals surface area contributed by atoms with Crippen molar-refractivity contribution in [3.05, 3.63) is 0 Å². The smallest absolute Gasteiger partial charge is 0.303 e. The second-order valence-electron chi connectivity index (χ2n) is 6.17. The van der Waals surface area contributed by atoms with E-state index in [0.29, 0.717) is 17.8 Å². The van der Waals surface area contributed by atoms with Crippen molar-refractivity contribution in [2.45, 2.75) is 72.1 Å². The molecule has 1 rings (SSSR count). The van der Waals surface area contributed by atoms with E-state index in [0.717, 1.165) is 12.3 Å².